The highest BCUT2D eigenvalue weighted by atomic mass is 35.5. The summed E-state index contributed by atoms with van der Waals surface area (Å²) in [5.41, 5.74) is 5.59. The number of nitrogens with zero attached hydrogens (tertiary/aromatic N) is 1. The van der Waals surface area contributed by atoms with Crippen LogP contribution in [0.3, 0.4) is 0 Å². The summed E-state index contributed by atoms with van der Waals surface area (Å²) >= 11 is 11.5. The van der Waals surface area contributed by atoms with Gasteiger partial charge in [-0.25, -0.2) is 5.26 Å². The van der Waals surface area contributed by atoms with Crippen LogP contribution < -0.4 is 5.32 Å². The van der Waals surface area contributed by atoms with Crippen LogP contribution in [-0.2, 0) is 37.5 Å². The number of alkyl halides is 1. The first-order valence-electron chi connectivity index (χ1n) is 50.9. The van der Waals surface area contributed by atoms with Crippen LogP contribution in [0.15, 0.2) is 23.3 Å². The topological polar surface area (TPSA) is 250 Å². The van der Waals surface area contributed by atoms with Crippen LogP contribution >= 0.6 is 36.1 Å². The monoisotopic (exact) mass is 1780 g/mol. The number of Topliss-reactive ketones (excluding diaryl/α,β-unsaturated/α-hetero) is 3. The van der Waals surface area contributed by atoms with E-state index in [1.807, 2.05) is 20.8 Å². The highest BCUT2D eigenvalue weighted by Gasteiger charge is 2.67. The van der Waals surface area contributed by atoms with E-state index in [4.69, 9.17) is 38.4 Å². The predicted molar refractivity (Wildman–Crippen MR) is 499 cm³/mol. The predicted octanol–water partition coefficient (Wildman–Crippen LogP) is 23.1. The summed E-state index contributed by atoms with van der Waals surface area (Å²) in [6.45, 7) is 34.5. The number of carboxylic acid groups (broad SMARTS) is 1. The van der Waals surface area contributed by atoms with Crippen LogP contribution in [0.4, 0.5) is 0 Å². The highest BCUT2D eigenvalue weighted by molar-refractivity contribution is 7.89. The number of carboxylic acids is 1. The van der Waals surface area contributed by atoms with Crippen molar-refractivity contribution in [2.45, 2.75) is 403 Å². The van der Waals surface area contributed by atoms with E-state index in [9.17, 15) is 44.4 Å². The van der Waals surface area contributed by atoms with E-state index in [1.54, 1.807) is 11.1 Å². The maximum Gasteiger partial charge on any atom is 0.306 e. The quantitative estimate of drug-likeness (QED) is 0.00768. The molecule has 0 heterocycles. The van der Waals surface area contributed by atoms with E-state index in [1.165, 1.54) is 128 Å². The van der Waals surface area contributed by atoms with Gasteiger partial charge in [0.05, 0.1) is 36.4 Å². The zero-order chi connectivity index (χ0) is 89.6. The zero-order valence-corrected chi connectivity index (χ0v) is 82.0. The van der Waals surface area contributed by atoms with Gasteiger partial charge in [-0.15, -0.1) is 15.9 Å². The fourth-order valence-electron chi connectivity index (χ4n) is 34.9. The van der Waals surface area contributed by atoms with Gasteiger partial charge >= 0.3 is 5.97 Å². The van der Waals surface area contributed by atoms with Gasteiger partial charge in [-0.1, -0.05) is 136 Å². The summed E-state index contributed by atoms with van der Waals surface area (Å²) in [5, 5.41) is 66.5. The first-order valence-corrected chi connectivity index (χ1v) is 52.5. The Morgan fingerprint density at radius 1 is 0.524 bits per heavy atom. The molecule has 14 fully saturated rings. The third kappa shape index (κ3) is 20.0. The van der Waals surface area contributed by atoms with E-state index in [-0.39, 0.29) is 65.0 Å². The second kappa shape index (κ2) is 40.9. The van der Waals surface area contributed by atoms with Gasteiger partial charge in [0.15, 0.2) is 12.3 Å². The number of aliphatic hydroxyl groups is 4. The molecule has 0 bridgehead atoms. The van der Waals surface area contributed by atoms with Crippen LogP contribution in [0.5, 0.6) is 0 Å². The number of rotatable bonds is 27. The molecular formula is C105H171ClN2O14S2. The normalized spacial score (nSPS) is 44.5. The molecule has 0 aromatic carbocycles. The van der Waals surface area contributed by atoms with Crippen molar-refractivity contribution in [1.82, 2.24) is 10.2 Å². The lowest BCUT2D eigenvalue weighted by molar-refractivity contribution is -0.434. The molecule has 7 N–H and O–H groups in total. The van der Waals surface area contributed by atoms with Gasteiger partial charge in [-0.2, -0.15) is 0 Å². The molecule has 704 valence electrons. The highest BCUT2D eigenvalue weighted by Crippen LogP contribution is 2.73. The maximum absolute atomic E-state index is 12.2. The molecule has 16 aliphatic carbocycles. The largest absolute Gasteiger partial charge is 0.481 e. The van der Waals surface area contributed by atoms with Crippen LogP contribution in [0.2, 0.25) is 0 Å². The number of fused-ring (bicyclic) bond motifs is 20. The van der Waals surface area contributed by atoms with Crippen LogP contribution in [0, 0.1) is 168 Å². The van der Waals surface area contributed by atoms with Gasteiger partial charge in [0.1, 0.15) is 17.3 Å². The lowest BCUT2D eigenvalue weighted by Gasteiger charge is -2.61. The number of carbonyl (C=O) groups excluding carboxylic acids is 4. The second-order valence-electron chi connectivity index (χ2n) is 47.6. The van der Waals surface area contributed by atoms with Crippen molar-refractivity contribution < 1.29 is 68.3 Å². The van der Waals surface area contributed by atoms with E-state index in [0.29, 0.717) is 185 Å². The third-order valence-corrected chi connectivity index (χ3v) is 42.4. The number of aliphatic hydroxyl groups excluding tert-OH is 4. The summed E-state index contributed by atoms with van der Waals surface area (Å²) in [7, 11) is 2.28. The van der Waals surface area contributed by atoms with Gasteiger partial charge in [-0.05, 0) is 406 Å². The molecule has 31 unspecified atom stereocenters. The molecule has 35 atom stereocenters. The number of aliphatic carboxylic acids is 1. The zero-order valence-electron chi connectivity index (χ0n) is 79.7. The van der Waals surface area contributed by atoms with Crippen molar-refractivity contribution in [1.29, 1.82) is 0 Å². The standard InChI is InChI=1S/C27H42O3S.C26H42ClNO3.C26H43NO3.C26H44O5S/c1-16(5-6-18(28)13-17(2)31)21-7-8-22-20-15-25(30)24-14-19(29)9-11-27(24,4)23(20)10-12-26(21,22)3;1-16(4-7-24(31)28-13-12-27)19-5-6-20-18-15-23(30)22-14-17(29)8-10-26(22,3)21(18)9-11-25(19,20)2;1-17(24(29)30)6-5-15-27(4)23-10-9-21-20-8-7-18-16-19(28)11-13-25(18,2)22(20)12-14-26(21,23)3;1-17(6-5-7-18(2)29-32-31-30-28)22-10-11-23-21-9-8-19-16-20(27)12-14-25(19,3)24(21)13-15-26(22,23)4/h16,20-25,30H,5-15H2,1-4H3;16,18-23,30H,4-15H2,1-3H3,(H,28,31);7,17,19-23,28H,5-6,8-16H2,1-4H3,(H,29,30);8,17-18,20-24,27-28H,5-7,9-16H2,1-4H3/t16?,20?,21?,22?,23?,24-,25-,26?,27?;16?,18?,19?,20?,21?,22-,23-,25?,26?;;/m00../s1. The number of nitrogens with one attached hydrogen (secondary N) is 1. The molecule has 1 amide bonds. The van der Waals surface area contributed by atoms with Gasteiger partial charge in [-0.3, -0.25) is 28.2 Å². The summed E-state index contributed by atoms with van der Waals surface area (Å²) < 4.78 is 9.71. The Morgan fingerprint density at radius 3 is 1.43 bits per heavy atom. The average Bonchev–Trinajstić information content (AvgIpc) is 1.38. The number of hydrogen-bond acceptors (Lipinski definition) is 16. The molecule has 19 heteroatoms. The Bertz CT molecular complexity index is 3750. The number of thiocarbonyl (C=S) groups is 1. The van der Waals surface area contributed by atoms with Gasteiger partial charge in [0, 0.05) is 63.4 Å². The fraction of sp³-hybridized carbons (Fsp3) is 0.905. The molecule has 14 saturated carbocycles. The molecule has 124 heavy (non-hydrogen) atoms. The molecule has 16 nitrogen and oxygen atoms in total. The molecule has 16 rings (SSSR count). The van der Waals surface area contributed by atoms with E-state index < -0.39 is 5.97 Å². The smallest absolute Gasteiger partial charge is 0.306 e. The molecule has 0 aromatic heterocycles. The second-order valence-corrected chi connectivity index (χ2v) is 49.1. The minimum atomic E-state index is -0.669. The summed E-state index contributed by atoms with van der Waals surface area (Å²) in [4.78, 5) is 63.1. The first kappa shape index (κ1) is 99.3. The number of hydrogen-bond donors (Lipinski definition) is 7. The minimum absolute atomic E-state index is 0.0719. The van der Waals surface area contributed by atoms with E-state index >= 15 is 0 Å². The van der Waals surface area contributed by atoms with Crippen molar-refractivity contribution >= 4 is 70.2 Å². The van der Waals surface area contributed by atoms with Gasteiger partial charge in [0.2, 0.25) is 5.91 Å². The van der Waals surface area contributed by atoms with Crippen molar-refractivity contribution in [3.8, 4) is 0 Å². The Morgan fingerprint density at radius 2 is 0.960 bits per heavy atom. The molecule has 0 aromatic rings. The fourth-order valence-corrected chi connectivity index (χ4v) is 35.4. The number of halogens is 1. The van der Waals surface area contributed by atoms with E-state index in [0.717, 1.165) is 155 Å². The van der Waals surface area contributed by atoms with Gasteiger partial charge in [0.25, 0.3) is 0 Å². The van der Waals surface area contributed by atoms with Crippen LogP contribution in [0.1, 0.15) is 367 Å². The number of allylic oxidation sites excluding steroid dienone is 2. The molecule has 0 spiro atoms. The van der Waals surface area contributed by atoms with E-state index in [2.05, 4.69) is 115 Å². The van der Waals surface area contributed by atoms with Crippen molar-refractivity contribution in [2.24, 2.45) is 168 Å². The van der Waals surface area contributed by atoms with Crippen LogP contribution in [0.25, 0.3) is 0 Å². The summed E-state index contributed by atoms with van der Waals surface area (Å²) in [6, 6.07) is 0.634. The number of carbonyl (C=O) groups is 5. The third-order valence-electron chi connectivity index (χ3n) is 41.6. The average molecular weight is 1790 g/mol. The SMILES string of the molecule is CC(=S)CC(=O)CCC(C)C1CCC2C3C[C@H](O)[C@@H]4CC(=O)CCC4(C)C3CCC12C.CC(CCC(=O)NCCCl)C1CCC2C3C[C@H](O)[C@@H]4CC(=O)CCC4(C)C3CCC12C.CC(CCCC(C)C1CCC2C3CC=C4CC(O)CCC4(C)C3CCC12C)OSOOO.CC(CCCN(C)C1CCC2C3CC=C4CC(O)CCC4(C)C3CCC21C)C(=O)O. The minimum Gasteiger partial charge on any atom is -0.481 e. The molecule has 0 radical (unpaired) electrons. The Hall–Kier alpha value is -2.20. The van der Waals surface area contributed by atoms with Crippen molar-refractivity contribution in [3.63, 3.8) is 0 Å². The van der Waals surface area contributed by atoms with Crippen molar-refractivity contribution in [3.05, 3.63) is 23.3 Å². The molecular weight excluding hydrogens is 1610 g/mol. The lowest BCUT2D eigenvalue weighted by Crippen LogP contribution is -2.58. The number of ketones is 3. The van der Waals surface area contributed by atoms with Gasteiger partial charge < -0.3 is 35.7 Å². The molecule has 0 saturated heterocycles. The molecule has 0 aliphatic heterocycles. The summed E-state index contributed by atoms with van der Waals surface area (Å²) in [5.74, 6) is 13.8. The Balaban J connectivity index is 0.000000142. The van der Waals surface area contributed by atoms with Crippen molar-refractivity contribution in [2.75, 3.05) is 26.0 Å². The molecule has 16 aliphatic rings. The first-order chi connectivity index (χ1) is 58.7. The Kier molecular flexibility index (Phi) is 32.8. The maximum atomic E-state index is 12.2. The Labute approximate surface area is 764 Å². The summed E-state index contributed by atoms with van der Waals surface area (Å²) in [6.07, 6.45) is 48.9. The lowest BCUT2D eigenvalue weighted by atomic mass is 9.44. The van der Waals surface area contributed by atoms with Crippen LogP contribution in [-0.4, -0.2) is 132 Å². The number of amides is 1.